The van der Waals surface area contributed by atoms with Crippen LogP contribution in [0.1, 0.15) is 5.56 Å². The monoisotopic (exact) mass is 249 g/mol. The van der Waals surface area contributed by atoms with Crippen LogP contribution in [0.15, 0.2) is 47.7 Å². The second-order valence-electron chi connectivity index (χ2n) is 4.75. The zero-order chi connectivity index (χ0) is 12.4. The molecule has 0 saturated heterocycles. The van der Waals surface area contributed by atoms with Crippen LogP contribution in [0.25, 0.3) is 28.1 Å². The molecule has 90 valence electrons. The molecule has 0 amide bonds. The third-order valence-corrected chi connectivity index (χ3v) is 3.69. The fourth-order valence-corrected chi connectivity index (χ4v) is 2.86. The SMILES string of the molecule is c1cc2c(cn1)C[n+]1cn3c(oc4ccncc43)c1-2. The summed E-state index contributed by atoms with van der Waals surface area (Å²) >= 11 is 0. The van der Waals surface area contributed by atoms with E-state index in [1.165, 1.54) is 11.1 Å². The second-order valence-corrected chi connectivity index (χ2v) is 4.75. The van der Waals surface area contributed by atoms with Gasteiger partial charge in [-0.2, -0.15) is 4.40 Å². The summed E-state index contributed by atoms with van der Waals surface area (Å²) in [7, 11) is 0. The molecule has 1 aliphatic heterocycles. The van der Waals surface area contributed by atoms with E-state index in [1.807, 2.05) is 30.7 Å². The molecule has 0 atom stereocenters. The first-order chi connectivity index (χ1) is 9.42. The third-order valence-electron chi connectivity index (χ3n) is 3.69. The van der Waals surface area contributed by atoms with Crippen molar-refractivity contribution in [3.63, 3.8) is 0 Å². The van der Waals surface area contributed by atoms with Crippen LogP contribution in [0.4, 0.5) is 0 Å². The summed E-state index contributed by atoms with van der Waals surface area (Å²) in [5, 5.41) is 0. The summed E-state index contributed by atoms with van der Waals surface area (Å²) in [6, 6.07) is 3.93. The first-order valence-corrected chi connectivity index (χ1v) is 6.12. The minimum Gasteiger partial charge on any atom is -0.415 e. The van der Waals surface area contributed by atoms with Gasteiger partial charge in [0.2, 0.25) is 5.69 Å². The van der Waals surface area contributed by atoms with Gasteiger partial charge in [0, 0.05) is 35.8 Å². The maximum Gasteiger partial charge on any atom is 0.344 e. The molecule has 1 aliphatic rings. The number of nitrogens with zero attached hydrogens (tertiary/aromatic N) is 4. The van der Waals surface area contributed by atoms with E-state index in [0.29, 0.717) is 0 Å². The number of pyridine rings is 2. The molecule has 0 aliphatic carbocycles. The minimum atomic E-state index is 0.845. The number of rotatable bonds is 0. The smallest absolute Gasteiger partial charge is 0.344 e. The van der Waals surface area contributed by atoms with Crippen molar-refractivity contribution in [2.45, 2.75) is 6.54 Å². The molecule has 19 heavy (non-hydrogen) atoms. The van der Waals surface area contributed by atoms with Crippen LogP contribution in [0.3, 0.4) is 0 Å². The molecule has 5 heteroatoms. The lowest BCUT2D eigenvalue weighted by molar-refractivity contribution is -0.671. The third kappa shape index (κ3) is 1.03. The summed E-state index contributed by atoms with van der Waals surface area (Å²) in [4.78, 5) is 8.34. The van der Waals surface area contributed by atoms with Crippen LogP contribution in [0.2, 0.25) is 0 Å². The van der Waals surface area contributed by atoms with E-state index in [2.05, 4.69) is 25.3 Å². The average Bonchev–Trinajstić information content (AvgIpc) is 3.05. The van der Waals surface area contributed by atoms with Gasteiger partial charge in [0.05, 0.1) is 6.20 Å². The van der Waals surface area contributed by atoms with Crippen molar-refractivity contribution in [1.82, 2.24) is 14.4 Å². The zero-order valence-electron chi connectivity index (χ0n) is 9.95. The number of aromatic nitrogens is 4. The number of hydrogen-bond donors (Lipinski definition) is 0. The molecular formula is C14H9N4O+. The highest BCUT2D eigenvalue weighted by molar-refractivity contribution is 5.82. The highest BCUT2D eigenvalue weighted by Crippen LogP contribution is 2.32. The second kappa shape index (κ2) is 3.00. The van der Waals surface area contributed by atoms with Gasteiger partial charge in [-0.3, -0.25) is 9.97 Å². The topological polar surface area (TPSA) is 47.2 Å². The molecule has 0 bridgehead atoms. The minimum absolute atomic E-state index is 0.845. The number of imidazole rings is 1. The number of hydrogen-bond acceptors (Lipinski definition) is 3. The normalized spacial score (nSPS) is 13.1. The fraction of sp³-hybridized carbons (Fsp3) is 0.0714. The molecule has 5 rings (SSSR count). The Bertz CT molecular complexity index is 951. The molecule has 0 unspecified atom stereocenters. The van der Waals surface area contributed by atoms with Crippen LogP contribution < -0.4 is 4.57 Å². The summed E-state index contributed by atoms with van der Waals surface area (Å²) in [6.45, 7) is 0.845. The van der Waals surface area contributed by atoms with Crippen LogP contribution in [0, 0.1) is 0 Å². The summed E-state index contributed by atoms with van der Waals surface area (Å²) in [6.07, 6.45) is 9.38. The maximum atomic E-state index is 5.97. The molecule has 0 aromatic carbocycles. The van der Waals surface area contributed by atoms with Gasteiger partial charge in [0.1, 0.15) is 6.54 Å². The molecule has 5 heterocycles. The van der Waals surface area contributed by atoms with Gasteiger partial charge in [-0.05, 0) is 6.07 Å². The largest absolute Gasteiger partial charge is 0.415 e. The van der Waals surface area contributed by atoms with Crippen molar-refractivity contribution in [2.24, 2.45) is 0 Å². The Morgan fingerprint density at radius 1 is 1.16 bits per heavy atom. The van der Waals surface area contributed by atoms with Gasteiger partial charge in [0.15, 0.2) is 11.1 Å². The molecule has 4 aromatic heterocycles. The van der Waals surface area contributed by atoms with Gasteiger partial charge < -0.3 is 4.42 Å². The first kappa shape index (κ1) is 9.27. The van der Waals surface area contributed by atoms with E-state index in [9.17, 15) is 0 Å². The lowest BCUT2D eigenvalue weighted by Gasteiger charge is -1.91. The predicted octanol–water partition coefficient (Wildman–Crippen LogP) is 1.79. The lowest BCUT2D eigenvalue weighted by atomic mass is 10.1. The van der Waals surface area contributed by atoms with E-state index < -0.39 is 0 Å². The molecule has 0 spiro atoms. The Hall–Kier alpha value is -2.69. The highest BCUT2D eigenvalue weighted by Gasteiger charge is 2.32. The van der Waals surface area contributed by atoms with Gasteiger partial charge >= 0.3 is 5.71 Å². The Labute approximate surface area is 107 Å². The van der Waals surface area contributed by atoms with E-state index >= 15 is 0 Å². The van der Waals surface area contributed by atoms with Gasteiger partial charge in [-0.25, -0.2) is 4.57 Å². The van der Waals surface area contributed by atoms with Crippen molar-refractivity contribution in [2.75, 3.05) is 0 Å². The summed E-state index contributed by atoms with van der Waals surface area (Å²) in [5.74, 6) is 0. The first-order valence-electron chi connectivity index (χ1n) is 6.12. The Morgan fingerprint density at radius 3 is 3.05 bits per heavy atom. The van der Waals surface area contributed by atoms with E-state index in [-0.39, 0.29) is 0 Å². The van der Waals surface area contributed by atoms with Crippen molar-refractivity contribution in [1.29, 1.82) is 0 Å². The van der Waals surface area contributed by atoms with Crippen molar-refractivity contribution < 1.29 is 8.98 Å². The van der Waals surface area contributed by atoms with Crippen molar-refractivity contribution in [3.8, 4) is 11.3 Å². The van der Waals surface area contributed by atoms with E-state index in [0.717, 1.165) is 29.1 Å². The van der Waals surface area contributed by atoms with Crippen LogP contribution >= 0.6 is 0 Å². The van der Waals surface area contributed by atoms with Gasteiger partial charge in [-0.1, -0.05) is 0 Å². The molecule has 0 fully saturated rings. The number of oxazole rings is 1. The molecule has 5 nitrogen and oxygen atoms in total. The molecule has 0 N–H and O–H groups in total. The zero-order valence-corrected chi connectivity index (χ0v) is 9.95. The van der Waals surface area contributed by atoms with Crippen LogP contribution in [-0.2, 0) is 6.54 Å². The average molecular weight is 249 g/mol. The Morgan fingerprint density at radius 2 is 2.05 bits per heavy atom. The maximum absolute atomic E-state index is 5.97. The standard InChI is InChI=1S/C14H9N4O/c1-3-15-5-9-7-17-8-18-11-6-16-4-2-12(11)19-14(18)13(17)10(1)9/h1-6,8H,7H2/q+1. The summed E-state index contributed by atoms with van der Waals surface area (Å²) < 4.78 is 10.2. The van der Waals surface area contributed by atoms with Crippen molar-refractivity contribution in [3.05, 3.63) is 48.8 Å². The van der Waals surface area contributed by atoms with Crippen molar-refractivity contribution >= 4 is 16.8 Å². The lowest BCUT2D eigenvalue weighted by Crippen LogP contribution is -2.29. The summed E-state index contributed by atoms with van der Waals surface area (Å²) in [5.41, 5.74) is 6.27. The van der Waals surface area contributed by atoms with E-state index in [4.69, 9.17) is 4.42 Å². The van der Waals surface area contributed by atoms with E-state index in [1.54, 1.807) is 6.20 Å². The molecule has 4 aromatic rings. The molecule has 0 radical (unpaired) electrons. The van der Waals surface area contributed by atoms with Gasteiger partial charge in [-0.15, -0.1) is 0 Å². The Balaban J connectivity index is 1.97. The quantitative estimate of drug-likeness (QED) is 0.393. The van der Waals surface area contributed by atoms with Crippen LogP contribution in [-0.4, -0.2) is 14.4 Å². The molecule has 0 saturated carbocycles. The van der Waals surface area contributed by atoms with Crippen LogP contribution in [0.5, 0.6) is 0 Å². The number of fused-ring (bicyclic) bond motifs is 7. The Kier molecular flexibility index (Phi) is 1.46. The predicted molar refractivity (Wildman–Crippen MR) is 67.5 cm³/mol. The molecular weight excluding hydrogens is 240 g/mol. The van der Waals surface area contributed by atoms with Gasteiger partial charge in [0.25, 0.3) is 6.33 Å². The fourth-order valence-electron chi connectivity index (χ4n) is 2.86. The highest BCUT2D eigenvalue weighted by atomic mass is 16.3.